The second kappa shape index (κ2) is 12.4. The molecule has 186 valence electrons. The van der Waals surface area contributed by atoms with Crippen molar-refractivity contribution in [2.45, 2.75) is 31.6 Å². The van der Waals surface area contributed by atoms with E-state index in [1.54, 1.807) is 24.3 Å². The number of ether oxygens (including phenoxy) is 3. The van der Waals surface area contributed by atoms with Crippen LogP contribution in [-0.4, -0.2) is 86.6 Å². The fourth-order valence-corrected chi connectivity index (χ4v) is 4.46. The smallest absolute Gasteiger partial charge is 0.232 e. The van der Waals surface area contributed by atoms with Crippen molar-refractivity contribution < 1.29 is 28.2 Å². The maximum atomic E-state index is 14.7. The number of benzene rings is 1. The molecule has 8 nitrogen and oxygen atoms in total. The van der Waals surface area contributed by atoms with Gasteiger partial charge >= 0.3 is 0 Å². The second-order valence-electron chi connectivity index (χ2n) is 8.70. The van der Waals surface area contributed by atoms with Crippen molar-refractivity contribution in [3.8, 4) is 11.3 Å². The highest BCUT2D eigenvalue weighted by atomic mass is 19.1. The number of halogens is 1. The van der Waals surface area contributed by atoms with Gasteiger partial charge < -0.3 is 28.7 Å². The number of morpholine rings is 1. The van der Waals surface area contributed by atoms with Crippen LogP contribution in [0.3, 0.4) is 0 Å². The van der Waals surface area contributed by atoms with Gasteiger partial charge in [0.05, 0.1) is 44.2 Å². The summed E-state index contributed by atoms with van der Waals surface area (Å²) in [5.74, 6) is 0.269. The highest BCUT2D eigenvalue weighted by Crippen LogP contribution is 2.34. The maximum absolute atomic E-state index is 14.7. The third-order valence-electron chi connectivity index (χ3n) is 6.08. The van der Waals surface area contributed by atoms with Gasteiger partial charge in [-0.15, -0.1) is 6.58 Å². The second-order valence-corrected chi connectivity index (χ2v) is 8.70. The van der Waals surface area contributed by atoms with Crippen LogP contribution < -0.4 is 4.90 Å². The molecule has 0 radical (unpaired) electrons. The van der Waals surface area contributed by atoms with Crippen molar-refractivity contribution in [3.05, 3.63) is 48.3 Å². The van der Waals surface area contributed by atoms with Crippen LogP contribution >= 0.6 is 0 Å². The summed E-state index contributed by atoms with van der Waals surface area (Å²) in [6.45, 7) is 8.94. The molecule has 9 heteroatoms. The van der Waals surface area contributed by atoms with Gasteiger partial charge in [0.25, 0.3) is 0 Å². The van der Waals surface area contributed by atoms with Crippen LogP contribution in [0.15, 0.2) is 41.4 Å². The number of aromatic nitrogens is 1. The van der Waals surface area contributed by atoms with Gasteiger partial charge in [-0.25, -0.2) is 4.39 Å². The highest BCUT2D eigenvalue weighted by molar-refractivity contribution is 5.68. The molecule has 0 saturated carbocycles. The summed E-state index contributed by atoms with van der Waals surface area (Å²) >= 11 is 0. The van der Waals surface area contributed by atoms with E-state index in [1.165, 1.54) is 6.07 Å². The van der Waals surface area contributed by atoms with Gasteiger partial charge in [0.15, 0.2) is 0 Å². The molecule has 2 atom stereocenters. The summed E-state index contributed by atoms with van der Waals surface area (Å²) in [7, 11) is 0. The number of anilines is 1. The topological polar surface area (TPSA) is 80.4 Å². The Morgan fingerprint density at radius 2 is 2.12 bits per heavy atom. The lowest BCUT2D eigenvalue weighted by Crippen LogP contribution is -2.40. The molecule has 2 aliphatic rings. The molecule has 34 heavy (non-hydrogen) atoms. The van der Waals surface area contributed by atoms with E-state index in [9.17, 15) is 9.50 Å². The molecule has 1 N–H and O–H groups in total. The number of hydrogen-bond acceptors (Lipinski definition) is 8. The number of hydrogen-bond donors (Lipinski definition) is 1. The lowest BCUT2D eigenvalue weighted by Gasteiger charge is -2.30. The van der Waals surface area contributed by atoms with Gasteiger partial charge in [0.2, 0.25) is 5.88 Å². The van der Waals surface area contributed by atoms with E-state index >= 15 is 0 Å². The first-order valence-electron chi connectivity index (χ1n) is 11.9. The van der Waals surface area contributed by atoms with Crippen LogP contribution in [0.5, 0.6) is 0 Å². The minimum atomic E-state index is -0.690. The van der Waals surface area contributed by atoms with Crippen molar-refractivity contribution in [3.63, 3.8) is 0 Å². The Morgan fingerprint density at radius 1 is 1.29 bits per heavy atom. The van der Waals surface area contributed by atoms with E-state index in [0.717, 1.165) is 25.0 Å². The van der Waals surface area contributed by atoms with Gasteiger partial charge in [0.1, 0.15) is 11.5 Å². The molecule has 0 spiro atoms. The Labute approximate surface area is 199 Å². The molecule has 3 heterocycles. The van der Waals surface area contributed by atoms with Crippen LogP contribution in [0.1, 0.15) is 18.4 Å². The van der Waals surface area contributed by atoms with Crippen molar-refractivity contribution in [2.75, 3.05) is 64.1 Å². The largest absolute Gasteiger partial charge is 0.389 e. The van der Waals surface area contributed by atoms with Crippen molar-refractivity contribution in [1.82, 2.24) is 10.1 Å². The van der Waals surface area contributed by atoms with Crippen LogP contribution in [-0.2, 0) is 20.8 Å². The zero-order valence-corrected chi connectivity index (χ0v) is 19.5. The first kappa shape index (κ1) is 24.8. The van der Waals surface area contributed by atoms with E-state index in [0.29, 0.717) is 69.7 Å². The SMILES string of the molecule is C=CCOCC(O)CN(Cc1c(-c2ccccc2F)noc1N1CCOCC1)CC1CCCO1. The third kappa shape index (κ3) is 6.43. The standard InChI is InChI=1S/C25H34FN3O5/c1-2-11-32-18-19(30)15-28(16-20-6-5-12-33-20)17-22-24(21-7-3-4-8-23(21)26)27-34-25(22)29-9-13-31-14-10-29/h2-4,7-8,19-20,30H,1,5-6,9-18H2. The monoisotopic (exact) mass is 475 g/mol. The Balaban J connectivity index is 1.61. The zero-order chi connectivity index (χ0) is 23.8. The van der Waals surface area contributed by atoms with E-state index < -0.39 is 6.10 Å². The predicted octanol–water partition coefficient (Wildman–Crippen LogP) is 2.86. The Bertz CT molecular complexity index is 912. The average Bonchev–Trinajstić information content (AvgIpc) is 3.50. The molecule has 2 saturated heterocycles. The van der Waals surface area contributed by atoms with Crippen LogP contribution in [0, 0.1) is 5.82 Å². The first-order chi connectivity index (χ1) is 16.7. The molecular formula is C25H34FN3O5. The van der Waals surface area contributed by atoms with Crippen molar-refractivity contribution in [2.24, 2.45) is 0 Å². The number of rotatable bonds is 12. The molecule has 2 fully saturated rings. The average molecular weight is 476 g/mol. The predicted molar refractivity (Wildman–Crippen MR) is 126 cm³/mol. The number of nitrogens with zero attached hydrogens (tertiary/aromatic N) is 3. The Kier molecular flexibility index (Phi) is 9.06. The van der Waals surface area contributed by atoms with Crippen LogP contribution in [0.25, 0.3) is 11.3 Å². The lowest BCUT2D eigenvalue weighted by atomic mass is 10.1. The summed E-state index contributed by atoms with van der Waals surface area (Å²) in [4.78, 5) is 4.21. The van der Waals surface area contributed by atoms with E-state index in [4.69, 9.17) is 18.7 Å². The van der Waals surface area contributed by atoms with Gasteiger partial charge in [-0.1, -0.05) is 23.4 Å². The summed E-state index contributed by atoms with van der Waals surface area (Å²) in [6.07, 6.45) is 3.05. The first-order valence-corrected chi connectivity index (χ1v) is 11.9. The Morgan fingerprint density at radius 3 is 2.85 bits per heavy atom. The molecule has 4 rings (SSSR count). The van der Waals surface area contributed by atoms with Gasteiger partial charge in [0, 0.05) is 44.9 Å². The molecule has 0 aliphatic carbocycles. The van der Waals surface area contributed by atoms with Crippen LogP contribution in [0.2, 0.25) is 0 Å². The minimum Gasteiger partial charge on any atom is -0.389 e. The fourth-order valence-electron chi connectivity index (χ4n) is 4.46. The number of aliphatic hydroxyl groups excluding tert-OH is 1. The normalized spacial score (nSPS) is 19.6. The molecule has 0 bridgehead atoms. The fraction of sp³-hybridized carbons (Fsp3) is 0.560. The highest BCUT2D eigenvalue weighted by Gasteiger charge is 2.29. The van der Waals surface area contributed by atoms with Crippen molar-refractivity contribution >= 4 is 5.88 Å². The summed E-state index contributed by atoms with van der Waals surface area (Å²) in [5, 5.41) is 14.9. The van der Waals surface area contributed by atoms with Gasteiger partial charge in [-0.3, -0.25) is 4.90 Å². The third-order valence-corrected chi connectivity index (χ3v) is 6.08. The van der Waals surface area contributed by atoms with Crippen molar-refractivity contribution in [1.29, 1.82) is 0 Å². The molecule has 2 aromatic rings. The lowest BCUT2D eigenvalue weighted by molar-refractivity contribution is 0.00857. The molecular weight excluding hydrogens is 441 g/mol. The quantitative estimate of drug-likeness (QED) is 0.371. The van der Waals surface area contributed by atoms with E-state index in [1.807, 2.05) is 0 Å². The number of aliphatic hydroxyl groups is 1. The van der Waals surface area contributed by atoms with E-state index in [2.05, 4.69) is 21.5 Å². The molecule has 1 aromatic heterocycles. The van der Waals surface area contributed by atoms with Gasteiger partial charge in [-0.05, 0) is 25.0 Å². The summed E-state index contributed by atoms with van der Waals surface area (Å²) in [5.41, 5.74) is 1.67. The molecule has 2 aliphatic heterocycles. The van der Waals surface area contributed by atoms with E-state index in [-0.39, 0.29) is 18.5 Å². The molecule has 0 amide bonds. The Hall–Kier alpha value is -2.30. The minimum absolute atomic E-state index is 0.0879. The van der Waals surface area contributed by atoms with Gasteiger partial charge in [-0.2, -0.15) is 0 Å². The zero-order valence-electron chi connectivity index (χ0n) is 19.5. The molecule has 1 aromatic carbocycles. The molecule has 2 unspecified atom stereocenters. The maximum Gasteiger partial charge on any atom is 0.232 e. The summed E-state index contributed by atoms with van der Waals surface area (Å²) in [6, 6.07) is 6.58. The summed E-state index contributed by atoms with van der Waals surface area (Å²) < 4.78 is 37.4. The van der Waals surface area contributed by atoms with Crippen LogP contribution in [0.4, 0.5) is 10.3 Å².